The first-order valence-corrected chi connectivity index (χ1v) is 7.63. The molecule has 1 fully saturated rings. The van der Waals surface area contributed by atoms with Gasteiger partial charge in [-0.25, -0.2) is 4.98 Å². The fourth-order valence-electron chi connectivity index (χ4n) is 2.43. The Morgan fingerprint density at radius 3 is 3.05 bits per heavy atom. The summed E-state index contributed by atoms with van der Waals surface area (Å²) in [5.41, 5.74) is 0. The fourth-order valence-corrected chi connectivity index (χ4v) is 2.43. The van der Waals surface area contributed by atoms with Gasteiger partial charge in [0.2, 0.25) is 0 Å². The lowest BCUT2D eigenvalue weighted by molar-refractivity contribution is -0.132. The summed E-state index contributed by atoms with van der Waals surface area (Å²) in [6.45, 7) is 2.97. The van der Waals surface area contributed by atoms with Crippen LogP contribution in [0.1, 0.15) is 26.2 Å². The highest BCUT2D eigenvalue weighted by Crippen LogP contribution is 2.24. The van der Waals surface area contributed by atoms with Crippen LogP contribution < -0.4 is 9.64 Å². The van der Waals surface area contributed by atoms with Gasteiger partial charge in [-0.15, -0.1) is 0 Å². The van der Waals surface area contributed by atoms with Gasteiger partial charge in [-0.05, 0) is 38.3 Å². The normalized spacial score (nSPS) is 19.5. The predicted molar refractivity (Wildman–Crippen MR) is 83.2 cm³/mol. The van der Waals surface area contributed by atoms with E-state index in [2.05, 4.69) is 4.98 Å². The average Bonchev–Trinajstić information content (AvgIpc) is 2.59. The number of rotatable bonds is 6. The predicted octanol–water partition coefficient (Wildman–Crippen LogP) is 2.03. The van der Waals surface area contributed by atoms with Crippen molar-refractivity contribution in [2.45, 2.75) is 38.4 Å². The Kier molecular flexibility index (Phi) is 6.15. The van der Waals surface area contributed by atoms with E-state index in [-0.39, 0.29) is 12.0 Å². The summed E-state index contributed by atoms with van der Waals surface area (Å²) in [5, 5.41) is 0. The summed E-state index contributed by atoms with van der Waals surface area (Å²) in [6.07, 6.45) is 4.42. The molecule has 1 aliphatic rings. The van der Waals surface area contributed by atoms with E-state index in [9.17, 15) is 4.79 Å². The van der Waals surface area contributed by atoms with Crippen molar-refractivity contribution in [3.8, 4) is 5.75 Å². The number of amides is 1. The molecule has 2 heterocycles. The van der Waals surface area contributed by atoms with Crippen LogP contribution in [0.15, 0.2) is 18.3 Å². The van der Waals surface area contributed by atoms with Gasteiger partial charge in [0.25, 0.3) is 5.91 Å². The fraction of sp³-hybridized carbons (Fsp3) is 0.625. The maximum atomic E-state index is 12.4. The van der Waals surface area contributed by atoms with Crippen LogP contribution in [0, 0.1) is 0 Å². The number of carbonyl (C=O) groups excluding carboxylic acids is 1. The standard InChI is InChI=1S/C16H24N2O4/c1-12(22-11-13-7-4-5-10-21-13)16(19)18(2)15-14(20-3)8-6-9-17-15/h6,8-9,12-13H,4-5,7,10-11H2,1-3H3. The van der Waals surface area contributed by atoms with Gasteiger partial charge in [0.05, 0.1) is 19.8 Å². The van der Waals surface area contributed by atoms with E-state index in [1.54, 1.807) is 39.4 Å². The quantitative estimate of drug-likeness (QED) is 0.804. The third-order valence-electron chi connectivity index (χ3n) is 3.77. The van der Waals surface area contributed by atoms with Crippen LogP contribution in [0.25, 0.3) is 0 Å². The van der Waals surface area contributed by atoms with Crippen molar-refractivity contribution in [2.75, 3.05) is 32.3 Å². The molecule has 22 heavy (non-hydrogen) atoms. The SMILES string of the molecule is COc1cccnc1N(C)C(=O)C(C)OCC1CCCCO1. The van der Waals surface area contributed by atoms with E-state index >= 15 is 0 Å². The van der Waals surface area contributed by atoms with E-state index in [1.807, 2.05) is 0 Å². The van der Waals surface area contributed by atoms with Crippen molar-refractivity contribution < 1.29 is 19.0 Å². The summed E-state index contributed by atoms with van der Waals surface area (Å²) in [6, 6.07) is 3.54. The van der Waals surface area contributed by atoms with Crippen molar-refractivity contribution in [3.05, 3.63) is 18.3 Å². The lowest BCUT2D eigenvalue weighted by Crippen LogP contribution is -2.38. The molecule has 2 atom stereocenters. The van der Waals surface area contributed by atoms with Gasteiger partial charge >= 0.3 is 0 Å². The van der Waals surface area contributed by atoms with Crippen LogP contribution in [-0.4, -0.2) is 50.5 Å². The molecule has 122 valence electrons. The van der Waals surface area contributed by atoms with Gasteiger partial charge in [0.15, 0.2) is 11.6 Å². The zero-order valence-corrected chi connectivity index (χ0v) is 13.4. The Morgan fingerprint density at radius 1 is 1.55 bits per heavy atom. The van der Waals surface area contributed by atoms with E-state index in [1.165, 1.54) is 4.90 Å². The number of hydrogen-bond donors (Lipinski definition) is 0. The first-order chi connectivity index (χ1) is 10.6. The molecule has 0 aromatic carbocycles. The number of hydrogen-bond acceptors (Lipinski definition) is 5. The molecular formula is C16H24N2O4. The molecule has 1 aromatic heterocycles. The zero-order chi connectivity index (χ0) is 15.9. The van der Waals surface area contributed by atoms with Crippen LogP contribution in [0.5, 0.6) is 5.75 Å². The van der Waals surface area contributed by atoms with Gasteiger partial charge in [0, 0.05) is 19.9 Å². The topological polar surface area (TPSA) is 60.9 Å². The highest BCUT2D eigenvalue weighted by atomic mass is 16.5. The van der Waals surface area contributed by atoms with Crippen molar-refractivity contribution >= 4 is 11.7 Å². The molecule has 1 amide bonds. The van der Waals surface area contributed by atoms with Crippen molar-refractivity contribution in [1.29, 1.82) is 0 Å². The maximum absolute atomic E-state index is 12.4. The van der Waals surface area contributed by atoms with Gasteiger partial charge < -0.3 is 14.2 Å². The molecule has 6 nitrogen and oxygen atoms in total. The van der Waals surface area contributed by atoms with Crippen LogP contribution in [0.2, 0.25) is 0 Å². The summed E-state index contributed by atoms with van der Waals surface area (Å²) < 4.78 is 16.5. The molecule has 1 aliphatic heterocycles. The summed E-state index contributed by atoms with van der Waals surface area (Å²) in [4.78, 5) is 18.1. The molecule has 1 saturated heterocycles. The molecule has 2 rings (SSSR count). The number of nitrogens with zero attached hydrogens (tertiary/aromatic N) is 2. The minimum atomic E-state index is -0.553. The first kappa shape index (κ1) is 16.7. The Balaban J connectivity index is 1.91. The summed E-state index contributed by atoms with van der Waals surface area (Å²) >= 11 is 0. The minimum absolute atomic E-state index is 0.0960. The van der Waals surface area contributed by atoms with Gasteiger partial charge in [0.1, 0.15) is 6.10 Å². The van der Waals surface area contributed by atoms with Crippen LogP contribution >= 0.6 is 0 Å². The highest BCUT2D eigenvalue weighted by molar-refractivity contribution is 5.96. The Labute approximate surface area is 131 Å². The van der Waals surface area contributed by atoms with E-state index in [0.29, 0.717) is 18.2 Å². The second-order valence-electron chi connectivity index (χ2n) is 5.39. The van der Waals surface area contributed by atoms with Crippen LogP contribution in [-0.2, 0) is 14.3 Å². The van der Waals surface area contributed by atoms with Gasteiger partial charge in [-0.1, -0.05) is 0 Å². The maximum Gasteiger partial charge on any atom is 0.256 e. The van der Waals surface area contributed by atoms with Crippen molar-refractivity contribution in [1.82, 2.24) is 4.98 Å². The summed E-state index contributed by atoms with van der Waals surface area (Å²) in [7, 11) is 3.23. The molecule has 1 aromatic rings. The van der Waals surface area contributed by atoms with E-state index in [0.717, 1.165) is 25.9 Å². The number of methoxy groups -OCH3 is 1. The number of anilines is 1. The number of pyridine rings is 1. The lowest BCUT2D eigenvalue weighted by Gasteiger charge is -2.26. The molecule has 6 heteroatoms. The van der Waals surface area contributed by atoms with Gasteiger partial charge in [-0.3, -0.25) is 9.69 Å². The average molecular weight is 308 g/mol. The molecule has 0 radical (unpaired) electrons. The van der Waals surface area contributed by atoms with Crippen molar-refractivity contribution in [3.63, 3.8) is 0 Å². The summed E-state index contributed by atoms with van der Waals surface area (Å²) in [5.74, 6) is 0.883. The third kappa shape index (κ3) is 4.18. The Bertz CT molecular complexity index is 489. The van der Waals surface area contributed by atoms with E-state index < -0.39 is 6.10 Å². The molecule has 2 unspecified atom stereocenters. The monoisotopic (exact) mass is 308 g/mol. The number of likely N-dealkylation sites (N-methyl/N-ethyl adjacent to an activating group) is 1. The minimum Gasteiger partial charge on any atom is -0.493 e. The molecular weight excluding hydrogens is 284 g/mol. The lowest BCUT2D eigenvalue weighted by atomic mass is 10.1. The largest absolute Gasteiger partial charge is 0.493 e. The molecule has 0 N–H and O–H groups in total. The van der Waals surface area contributed by atoms with Crippen LogP contribution in [0.3, 0.4) is 0 Å². The molecule has 0 bridgehead atoms. The number of carbonyl (C=O) groups is 1. The third-order valence-corrected chi connectivity index (χ3v) is 3.77. The van der Waals surface area contributed by atoms with Crippen LogP contribution in [0.4, 0.5) is 5.82 Å². The first-order valence-electron chi connectivity index (χ1n) is 7.63. The molecule has 0 saturated carbocycles. The van der Waals surface area contributed by atoms with Gasteiger partial charge in [-0.2, -0.15) is 0 Å². The Morgan fingerprint density at radius 2 is 2.36 bits per heavy atom. The number of aromatic nitrogens is 1. The molecule has 0 spiro atoms. The second kappa shape index (κ2) is 8.10. The molecule has 0 aliphatic carbocycles. The number of ether oxygens (including phenoxy) is 3. The Hall–Kier alpha value is -1.66. The van der Waals surface area contributed by atoms with Crippen molar-refractivity contribution in [2.24, 2.45) is 0 Å². The zero-order valence-electron chi connectivity index (χ0n) is 13.4. The highest BCUT2D eigenvalue weighted by Gasteiger charge is 2.24. The second-order valence-corrected chi connectivity index (χ2v) is 5.39. The van der Waals surface area contributed by atoms with E-state index in [4.69, 9.17) is 14.2 Å². The smallest absolute Gasteiger partial charge is 0.256 e.